The van der Waals surface area contributed by atoms with Crippen LogP contribution in [0, 0.1) is 0 Å². The second-order valence-electron chi connectivity index (χ2n) is 3.84. The van der Waals surface area contributed by atoms with Crippen LogP contribution in [0.4, 0.5) is 4.39 Å². The predicted octanol–water partition coefficient (Wildman–Crippen LogP) is 1.52. The number of benzene rings is 1. The number of halogens is 1. The SMILES string of the molecule is CCOC(=O)C[C@@]1(O)c2ccccc2O[C@@H]1F. The summed E-state index contributed by atoms with van der Waals surface area (Å²) in [5.41, 5.74) is -1.68. The van der Waals surface area contributed by atoms with Crippen molar-refractivity contribution in [2.75, 3.05) is 6.61 Å². The highest BCUT2D eigenvalue weighted by Gasteiger charge is 2.50. The molecule has 5 heteroatoms. The molecule has 0 saturated carbocycles. The summed E-state index contributed by atoms with van der Waals surface area (Å²) in [7, 11) is 0. The average Bonchev–Trinajstić information content (AvgIpc) is 2.52. The third-order valence-electron chi connectivity index (χ3n) is 2.68. The van der Waals surface area contributed by atoms with Gasteiger partial charge in [-0.3, -0.25) is 4.79 Å². The van der Waals surface area contributed by atoms with Gasteiger partial charge in [-0.1, -0.05) is 18.2 Å². The van der Waals surface area contributed by atoms with Crippen molar-refractivity contribution < 1.29 is 23.8 Å². The van der Waals surface area contributed by atoms with Crippen LogP contribution in [0.5, 0.6) is 5.75 Å². The molecule has 0 aromatic heterocycles. The molecule has 2 atom stereocenters. The van der Waals surface area contributed by atoms with Gasteiger partial charge in [0.2, 0.25) is 0 Å². The number of ether oxygens (including phenoxy) is 2. The summed E-state index contributed by atoms with van der Waals surface area (Å²) in [4.78, 5) is 11.4. The van der Waals surface area contributed by atoms with E-state index in [1.54, 1.807) is 25.1 Å². The van der Waals surface area contributed by atoms with E-state index < -0.39 is 24.3 Å². The molecule has 1 aromatic carbocycles. The van der Waals surface area contributed by atoms with Crippen molar-refractivity contribution >= 4 is 5.97 Å². The van der Waals surface area contributed by atoms with Crippen molar-refractivity contribution in [1.82, 2.24) is 0 Å². The fraction of sp³-hybridized carbons (Fsp3) is 0.417. The van der Waals surface area contributed by atoms with E-state index >= 15 is 0 Å². The molecule has 0 radical (unpaired) electrons. The summed E-state index contributed by atoms with van der Waals surface area (Å²) in [6.45, 7) is 1.84. The lowest BCUT2D eigenvalue weighted by molar-refractivity contribution is -0.160. The van der Waals surface area contributed by atoms with Crippen LogP contribution in [-0.4, -0.2) is 24.0 Å². The van der Waals surface area contributed by atoms with E-state index in [-0.39, 0.29) is 17.9 Å². The second kappa shape index (κ2) is 4.33. The first-order valence-corrected chi connectivity index (χ1v) is 5.36. The molecule has 4 nitrogen and oxygen atoms in total. The zero-order valence-corrected chi connectivity index (χ0v) is 9.35. The monoisotopic (exact) mass is 240 g/mol. The highest BCUT2D eigenvalue weighted by Crippen LogP contribution is 2.44. The van der Waals surface area contributed by atoms with Crippen molar-refractivity contribution in [3.05, 3.63) is 29.8 Å². The topological polar surface area (TPSA) is 55.8 Å². The Morgan fingerprint density at radius 3 is 3.00 bits per heavy atom. The second-order valence-corrected chi connectivity index (χ2v) is 3.84. The van der Waals surface area contributed by atoms with Crippen LogP contribution in [0.25, 0.3) is 0 Å². The number of carbonyl (C=O) groups excluding carboxylic acids is 1. The molecule has 92 valence electrons. The van der Waals surface area contributed by atoms with E-state index in [4.69, 9.17) is 9.47 Å². The van der Waals surface area contributed by atoms with Crippen LogP contribution < -0.4 is 4.74 Å². The Hall–Kier alpha value is -1.62. The van der Waals surface area contributed by atoms with Crippen molar-refractivity contribution in [3.8, 4) is 5.75 Å². The number of hydrogen-bond acceptors (Lipinski definition) is 4. The van der Waals surface area contributed by atoms with Crippen molar-refractivity contribution in [2.24, 2.45) is 0 Å². The Balaban J connectivity index is 2.27. The van der Waals surface area contributed by atoms with Gasteiger partial charge in [-0.25, -0.2) is 0 Å². The van der Waals surface area contributed by atoms with Crippen LogP contribution in [0.1, 0.15) is 18.9 Å². The molecular weight excluding hydrogens is 227 g/mol. The third kappa shape index (κ3) is 1.98. The number of fused-ring (bicyclic) bond motifs is 1. The van der Waals surface area contributed by atoms with Gasteiger partial charge >= 0.3 is 5.97 Å². The number of hydrogen-bond donors (Lipinski definition) is 1. The first kappa shape index (κ1) is 11.9. The molecule has 2 rings (SSSR count). The fourth-order valence-corrected chi connectivity index (χ4v) is 1.87. The standard InChI is InChI=1S/C12H13FO4/c1-2-16-10(14)7-12(15)8-5-3-4-6-9(8)17-11(12)13/h3-6,11,15H,2,7H2,1H3/t11-,12+/m0/s1. The van der Waals surface area contributed by atoms with E-state index in [9.17, 15) is 14.3 Å². The quantitative estimate of drug-likeness (QED) is 0.814. The first-order chi connectivity index (χ1) is 8.08. The number of carbonyl (C=O) groups is 1. The van der Waals surface area contributed by atoms with Gasteiger partial charge in [0.1, 0.15) is 5.75 Å². The Labute approximate surface area is 98.0 Å². The first-order valence-electron chi connectivity index (χ1n) is 5.36. The molecule has 1 heterocycles. The molecule has 17 heavy (non-hydrogen) atoms. The van der Waals surface area contributed by atoms with Gasteiger partial charge in [0.15, 0.2) is 5.60 Å². The molecule has 0 fully saturated rings. The van der Waals surface area contributed by atoms with Gasteiger partial charge in [0, 0.05) is 5.56 Å². The molecular formula is C12H13FO4. The maximum absolute atomic E-state index is 13.7. The molecule has 0 amide bonds. The van der Waals surface area contributed by atoms with Crippen LogP contribution in [0.2, 0.25) is 0 Å². The van der Waals surface area contributed by atoms with E-state index in [1.165, 1.54) is 6.07 Å². The lowest BCUT2D eigenvalue weighted by Gasteiger charge is -2.22. The van der Waals surface area contributed by atoms with Crippen LogP contribution in [0.15, 0.2) is 24.3 Å². The van der Waals surface area contributed by atoms with Crippen LogP contribution in [0.3, 0.4) is 0 Å². The zero-order chi connectivity index (χ0) is 12.5. The van der Waals surface area contributed by atoms with Gasteiger partial charge < -0.3 is 14.6 Å². The summed E-state index contributed by atoms with van der Waals surface area (Å²) in [6, 6.07) is 6.40. The van der Waals surface area contributed by atoms with Gasteiger partial charge in [-0.15, -0.1) is 0 Å². The molecule has 1 aliphatic rings. The summed E-state index contributed by atoms with van der Waals surface area (Å²) in [5, 5.41) is 10.2. The molecule has 1 N–H and O–H groups in total. The van der Waals surface area contributed by atoms with Crippen molar-refractivity contribution in [3.63, 3.8) is 0 Å². The maximum Gasteiger partial charge on any atom is 0.309 e. The minimum atomic E-state index is -1.96. The lowest BCUT2D eigenvalue weighted by Crippen LogP contribution is -2.37. The Morgan fingerprint density at radius 1 is 1.59 bits per heavy atom. The lowest BCUT2D eigenvalue weighted by atomic mass is 9.92. The largest absolute Gasteiger partial charge is 0.466 e. The zero-order valence-electron chi connectivity index (χ0n) is 9.35. The third-order valence-corrected chi connectivity index (χ3v) is 2.68. The molecule has 1 aliphatic heterocycles. The van der Waals surface area contributed by atoms with Crippen LogP contribution >= 0.6 is 0 Å². The number of para-hydroxylation sites is 1. The van der Waals surface area contributed by atoms with Gasteiger partial charge in [0.25, 0.3) is 6.36 Å². The number of alkyl halides is 1. The minimum Gasteiger partial charge on any atom is -0.466 e. The number of esters is 1. The van der Waals surface area contributed by atoms with Crippen LogP contribution in [-0.2, 0) is 15.1 Å². The highest BCUT2D eigenvalue weighted by atomic mass is 19.1. The Morgan fingerprint density at radius 2 is 2.29 bits per heavy atom. The molecule has 0 aliphatic carbocycles. The minimum absolute atomic E-state index is 0.189. The molecule has 1 aromatic rings. The van der Waals surface area contributed by atoms with Crippen molar-refractivity contribution in [1.29, 1.82) is 0 Å². The number of rotatable bonds is 3. The van der Waals surface area contributed by atoms with E-state index in [0.717, 1.165) is 0 Å². The number of aliphatic hydroxyl groups is 1. The van der Waals surface area contributed by atoms with E-state index in [0.29, 0.717) is 0 Å². The van der Waals surface area contributed by atoms with E-state index in [1.807, 2.05) is 0 Å². The summed E-state index contributed by atoms with van der Waals surface area (Å²) < 4.78 is 23.3. The summed E-state index contributed by atoms with van der Waals surface area (Å²) in [6.07, 6.45) is -2.41. The average molecular weight is 240 g/mol. The fourth-order valence-electron chi connectivity index (χ4n) is 1.87. The molecule has 0 saturated heterocycles. The summed E-state index contributed by atoms with van der Waals surface area (Å²) in [5.74, 6) is -0.398. The molecule has 0 bridgehead atoms. The maximum atomic E-state index is 13.7. The Kier molecular flexibility index (Phi) is 3.02. The highest BCUT2D eigenvalue weighted by molar-refractivity contribution is 5.72. The summed E-state index contributed by atoms with van der Waals surface area (Å²) >= 11 is 0. The van der Waals surface area contributed by atoms with Gasteiger partial charge in [0.05, 0.1) is 13.0 Å². The predicted molar refractivity (Wildman–Crippen MR) is 57.1 cm³/mol. The normalized spacial score (nSPS) is 26.2. The van der Waals surface area contributed by atoms with Gasteiger partial charge in [-0.05, 0) is 13.0 Å². The smallest absolute Gasteiger partial charge is 0.309 e. The molecule has 0 spiro atoms. The van der Waals surface area contributed by atoms with E-state index in [2.05, 4.69) is 0 Å². The Bertz CT molecular complexity index is 434. The van der Waals surface area contributed by atoms with Crippen molar-refractivity contribution in [2.45, 2.75) is 25.3 Å². The molecule has 0 unspecified atom stereocenters. The van der Waals surface area contributed by atoms with Gasteiger partial charge in [-0.2, -0.15) is 4.39 Å².